The second kappa shape index (κ2) is 6.08. The smallest absolute Gasteiger partial charge is 0.337 e. The molecule has 1 N–H and O–H groups in total. The highest BCUT2D eigenvalue weighted by molar-refractivity contribution is 7.98. The molecule has 0 fully saturated rings. The van der Waals surface area contributed by atoms with Crippen LogP contribution in [-0.4, -0.2) is 16.1 Å². The lowest BCUT2D eigenvalue weighted by Gasteiger charge is -2.06. The average molecular weight is 294 g/mol. The van der Waals surface area contributed by atoms with E-state index in [0.29, 0.717) is 5.75 Å². The number of carboxylic acids is 1. The summed E-state index contributed by atoms with van der Waals surface area (Å²) < 4.78 is 0. The zero-order valence-corrected chi connectivity index (χ0v) is 11.8. The number of thioether (sulfide) groups is 1. The third kappa shape index (κ3) is 3.49. The van der Waals surface area contributed by atoms with E-state index in [1.807, 2.05) is 25.1 Å². The van der Waals surface area contributed by atoms with E-state index >= 15 is 0 Å². The molecule has 98 valence electrons. The Hall–Kier alpha value is -1.52. The largest absolute Gasteiger partial charge is 0.478 e. The topological polar surface area (TPSA) is 50.2 Å². The van der Waals surface area contributed by atoms with Crippen molar-refractivity contribution >= 4 is 29.3 Å². The van der Waals surface area contributed by atoms with Crippen LogP contribution in [-0.2, 0) is 5.75 Å². The number of aryl methyl sites for hydroxylation is 1. The van der Waals surface area contributed by atoms with Gasteiger partial charge in [-0.25, -0.2) is 4.79 Å². The van der Waals surface area contributed by atoms with E-state index in [2.05, 4.69) is 4.98 Å². The summed E-state index contributed by atoms with van der Waals surface area (Å²) in [6.07, 6.45) is 1.76. The molecule has 5 heteroatoms. The first-order chi connectivity index (χ1) is 9.08. The summed E-state index contributed by atoms with van der Waals surface area (Å²) in [5.74, 6) is -0.311. The van der Waals surface area contributed by atoms with E-state index < -0.39 is 5.97 Å². The summed E-state index contributed by atoms with van der Waals surface area (Å²) in [6.45, 7) is 2.01. The summed E-state index contributed by atoms with van der Waals surface area (Å²) in [4.78, 5) is 16.2. The molecule has 1 heterocycles. The van der Waals surface area contributed by atoms with Crippen molar-refractivity contribution in [2.75, 3.05) is 0 Å². The van der Waals surface area contributed by atoms with Crippen LogP contribution in [0.2, 0.25) is 5.02 Å². The fourth-order valence-corrected chi connectivity index (χ4v) is 2.75. The molecule has 0 radical (unpaired) electrons. The average Bonchev–Trinajstić information content (AvgIpc) is 2.39. The molecule has 0 atom stereocenters. The number of aromatic carboxylic acids is 1. The van der Waals surface area contributed by atoms with Gasteiger partial charge >= 0.3 is 5.97 Å². The zero-order valence-electron chi connectivity index (χ0n) is 10.3. The molecule has 0 amide bonds. The molecule has 1 aromatic heterocycles. The second-order valence-corrected chi connectivity index (χ2v) is 5.46. The van der Waals surface area contributed by atoms with Gasteiger partial charge in [0.2, 0.25) is 0 Å². The van der Waals surface area contributed by atoms with Crippen LogP contribution in [0, 0.1) is 6.92 Å². The number of pyridine rings is 1. The van der Waals surface area contributed by atoms with Crippen molar-refractivity contribution in [1.29, 1.82) is 0 Å². The van der Waals surface area contributed by atoms with Crippen molar-refractivity contribution in [1.82, 2.24) is 4.98 Å². The number of hydrogen-bond donors (Lipinski definition) is 1. The Morgan fingerprint density at radius 1 is 1.42 bits per heavy atom. The monoisotopic (exact) mass is 293 g/mol. The Morgan fingerprint density at radius 3 is 2.89 bits per heavy atom. The van der Waals surface area contributed by atoms with Crippen LogP contribution in [0.3, 0.4) is 0 Å². The zero-order chi connectivity index (χ0) is 13.8. The lowest BCUT2D eigenvalue weighted by molar-refractivity contribution is 0.0697. The molecule has 1 aromatic carbocycles. The number of benzene rings is 1. The minimum absolute atomic E-state index is 0.129. The number of carboxylic acid groups (broad SMARTS) is 1. The van der Waals surface area contributed by atoms with E-state index in [9.17, 15) is 4.79 Å². The summed E-state index contributed by atoms with van der Waals surface area (Å²) >= 11 is 7.37. The van der Waals surface area contributed by atoms with Crippen molar-refractivity contribution in [2.24, 2.45) is 0 Å². The molecule has 2 rings (SSSR count). The van der Waals surface area contributed by atoms with Crippen molar-refractivity contribution in [3.63, 3.8) is 0 Å². The van der Waals surface area contributed by atoms with Crippen LogP contribution in [0.15, 0.2) is 41.4 Å². The molecule has 0 spiro atoms. The minimum atomic E-state index is -1.01. The highest BCUT2D eigenvalue weighted by atomic mass is 35.5. The van der Waals surface area contributed by atoms with Crippen LogP contribution < -0.4 is 0 Å². The fraction of sp³-hybridized carbons (Fsp3) is 0.143. The van der Waals surface area contributed by atoms with E-state index in [4.69, 9.17) is 16.7 Å². The second-order valence-electron chi connectivity index (χ2n) is 4.00. The van der Waals surface area contributed by atoms with E-state index in [1.54, 1.807) is 30.1 Å². The summed E-state index contributed by atoms with van der Waals surface area (Å²) in [5.41, 5.74) is 2.26. The van der Waals surface area contributed by atoms with Crippen LogP contribution in [0.5, 0.6) is 0 Å². The van der Waals surface area contributed by atoms with E-state index in [0.717, 1.165) is 16.2 Å². The van der Waals surface area contributed by atoms with E-state index in [-0.39, 0.29) is 10.6 Å². The van der Waals surface area contributed by atoms with Gasteiger partial charge in [0.1, 0.15) is 0 Å². The van der Waals surface area contributed by atoms with Gasteiger partial charge in [0, 0.05) is 16.8 Å². The first-order valence-electron chi connectivity index (χ1n) is 5.64. The van der Waals surface area contributed by atoms with Gasteiger partial charge in [0.15, 0.2) is 0 Å². The van der Waals surface area contributed by atoms with Gasteiger partial charge in [0.25, 0.3) is 0 Å². The fourth-order valence-electron chi connectivity index (χ4n) is 1.58. The van der Waals surface area contributed by atoms with Gasteiger partial charge in [-0.1, -0.05) is 17.7 Å². The van der Waals surface area contributed by atoms with Crippen LogP contribution in [0.4, 0.5) is 0 Å². The lowest BCUT2D eigenvalue weighted by atomic mass is 10.2. The standard InChI is InChI=1S/C14H12ClNO2S/c1-9-3-2-6-16-13(9)8-19-10-4-5-12(15)11(7-10)14(17)18/h2-7H,8H2,1H3,(H,17,18). The molecule has 0 bridgehead atoms. The normalized spacial score (nSPS) is 10.4. The molecule has 0 saturated heterocycles. The van der Waals surface area contributed by atoms with Gasteiger partial charge in [-0.15, -0.1) is 11.8 Å². The number of aromatic nitrogens is 1. The molecule has 0 unspecified atom stereocenters. The third-order valence-electron chi connectivity index (χ3n) is 2.66. The molecule has 0 saturated carbocycles. The summed E-state index contributed by atoms with van der Waals surface area (Å²) in [5, 5.41) is 9.27. The third-order valence-corrected chi connectivity index (χ3v) is 4.00. The predicted molar refractivity (Wildman–Crippen MR) is 76.9 cm³/mol. The predicted octanol–water partition coefficient (Wildman–Crippen LogP) is 4.03. The van der Waals surface area contributed by atoms with Crippen LogP contribution in [0.1, 0.15) is 21.6 Å². The van der Waals surface area contributed by atoms with Crippen molar-refractivity contribution in [2.45, 2.75) is 17.6 Å². The molecule has 0 aliphatic rings. The van der Waals surface area contributed by atoms with Crippen LogP contribution in [0.25, 0.3) is 0 Å². The SMILES string of the molecule is Cc1cccnc1CSc1ccc(Cl)c(C(=O)O)c1. The van der Waals surface area contributed by atoms with Gasteiger partial charge in [0.05, 0.1) is 16.3 Å². The Morgan fingerprint density at radius 2 is 2.21 bits per heavy atom. The number of rotatable bonds is 4. The Balaban J connectivity index is 2.14. The molecule has 2 aromatic rings. The molecule has 0 aliphatic heterocycles. The molecular weight excluding hydrogens is 282 g/mol. The number of halogens is 1. The van der Waals surface area contributed by atoms with Crippen LogP contribution >= 0.6 is 23.4 Å². The van der Waals surface area contributed by atoms with E-state index in [1.165, 1.54) is 0 Å². The highest BCUT2D eigenvalue weighted by Crippen LogP contribution is 2.27. The maximum atomic E-state index is 11.0. The maximum absolute atomic E-state index is 11.0. The van der Waals surface area contributed by atoms with Gasteiger partial charge in [-0.3, -0.25) is 4.98 Å². The maximum Gasteiger partial charge on any atom is 0.337 e. The summed E-state index contributed by atoms with van der Waals surface area (Å²) in [7, 11) is 0. The first-order valence-corrected chi connectivity index (χ1v) is 7.00. The van der Waals surface area contributed by atoms with Crippen molar-refractivity contribution in [3.8, 4) is 0 Å². The number of hydrogen-bond acceptors (Lipinski definition) is 3. The minimum Gasteiger partial charge on any atom is -0.478 e. The van der Waals surface area contributed by atoms with Gasteiger partial charge in [-0.2, -0.15) is 0 Å². The Bertz CT molecular complexity index is 616. The van der Waals surface area contributed by atoms with Gasteiger partial charge in [-0.05, 0) is 36.8 Å². The van der Waals surface area contributed by atoms with Crippen molar-refractivity contribution < 1.29 is 9.90 Å². The molecule has 0 aliphatic carbocycles. The lowest BCUT2D eigenvalue weighted by Crippen LogP contribution is -1.97. The first kappa shape index (κ1) is 13.9. The Labute approximate surface area is 120 Å². The van der Waals surface area contributed by atoms with Crippen molar-refractivity contribution in [3.05, 3.63) is 58.4 Å². The number of carbonyl (C=O) groups is 1. The molecule has 3 nitrogen and oxygen atoms in total. The molecule has 19 heavy (non-hydrogen) atoms. The Kier molecular flexibility index (Phi) is 4.45. The quantitative estimate of drug-likeness (QED) is 0.865. The van der Waals surface area contributed by atoms with Gasteiger partial charge < -0.3 is 5.11 Å². The number of nitrogens with zero attached hydrogens (tertiary/aromatic N) is 1. The molecular formula is C14H12ClNO2S. The summed E-state index contributed by atoms with van der Waals surface area (Å²) in [6, 6.07) is 8.92. The highest BCUT2D eigenvalue weighted by Gasteiger charge is 2.10.